The molecule has 0 unspecified atom stereocenters. The Hall–Kier alpha value is -1.10. The highest BCUT2D eigenvalue weighted by atomic mass is 32.1. The Bertz CT molecular complexity index is 389. The zero-order valence-corrected chi connectivity index (χ0v) is 11.1. The molecule has 1 aromatic heterocycles. The minimum absolute atomic E-state index is 0.309. The van der Waals surface area contributed by atoms with Crippen LogP contribution in [0.1, 0.15) is 29.8 Å². The lowest BCUT2D eigenvalue weighted by Gasteiger charge is -2.31. The third-order valence-corrected chi connectivity index (χ3v) is 4.50. The van der Waals surface area contributed by atoms with Crippen LogP contribution in [0.5, 0.6) is 0 Å². The summed E-state index contributed by atoms with van der Waals surface area (Å²) in [6.07, 6.45) is 2.23. The second-order valence-electron chi connectivity index (χ2n) is 4.67. The van der Waals surface area contributed by atoms with Crippen molar-refractivity contribution in [1.29, 1.82) is 0 Å². The van der Waals surface area contributed by atoms with Gasteiger partial charge in [0.25, 0.3) is 0 Å². The van der Waals surface area contributed by atoms with Crippen LogP contribution in [-0.2, 0) is 4.79 Å². The molecular formula is C12H18N2O2S. The lowest BCUT2D eigenvalue weighted by Crippen LogP contribution is -2.34. The predicted octanol–water partition coefficient (Wildman–Crippen LogP) is 2.45. The Morgan fingerprint density at radius 3 is 2.59 bits per heavy atom. The van der Waals surface area contributed by atoms with E-state index < -0.39 is 5.97 Å². The summed E-state index contributed by atoms with van der Waals surface area (Å²) >= 11 is 1.73. The fraction of sp³-hybridized carbons (Fsp3) is 0.667. The summed E-state index contributed by atoms with van der Waals surface area (Å²) in [5.41, 5.74) is 1.11. The van der Waals surface area contributed by atoms with E-state index in [4.69, 9.17) is 5.11 Å². The number of nitrogens with zero attached hydrogens (tertiary/aromatic N) is 2. The summed E-state index contributed by atoms with van der Waals surface area (Å²) in [7, 11) is 0. The number of aliphatic carboxylic acids is 1. The van der Waals surface area contributed by atoms with Crippen LogP contribution < -0.4 is 4.90 Å². The number of hydrogen-bond donors (Lipinski definition) is 1. The molecule has 0 aliphatic carbocycles. The van der Waals surface area contributed by atoms with E-state index in [1.165, 1.54) is 4.88 Å². The molecule has 1 aromatic rings. The van der Waals surface area contributed by atoms with E-state index in [1.807, 2.05) is 6.92 Å². The van der Waals surface area contributed by atoms with Gasteiger partial charge in [0, 0.05) is 24.4 Å². The number of aromatic nitrogens is 1. The smallest absolute Gasteiger partial charge is 0.303 e. The SMILES string of the molecule is Cc1nc(N2CCC(CC(=O)O)CC2)sc1C. The lowest BCUT2D eigenvalue weighted by atomic mass is 9.94. The Balaban J connectivity index is 1.92. The first-order valence-electron chi connectivity index (χ1n) is 5.97. The summed E-state index contributed by atoms with van der Waals surface area (Å²) in [6, 6.07) is 0. The van der Waals surface area contributed by atoms with Crippen LogP contribution in [-0.4, -0.2) is 29.1 Å². The molecule has 1 fully saturated rings. The molecule has 2 heterocycles. The first-order chi connectivity index (χ1) is 8.06. The van der Waals surface area contributed by atoms with E-state index in [0.717, 1.165) is 36.8 Å². The summed E-state index contributed by atoms with van der Waals surface area (Å²) in [6.45, 7) is 5.99. The van der Waals surface area contributed by atoms with Crippen molar-refractivity contribution in [3.63, 3.8) is 0 Å². The number of rotatable bonds is 3. The van der Waals surface area contributed by atoms with Crippen LogP contribution in [0.4, 0.5) is 5.13 Å². The van der Waals surface area contributed by atoms with E-state index in [-0.39, 0.29) is 0 Å². The van der Waals surface area contributed by atoms with Crippen LogP contribution in [0.25, 0.3) is 0 Å². The van der Waals surface area contributed by atoms with Gasteiger partial charge in [-0.05, 0) is 32.6 Å². The third-order valence-electron chi connectivity index (χ3n) is 3.37. The second-order valence-corrected chi connectivity index (χ2v) is 5.85. The second kappa shape index (κ2) is 5.04. The number of carbonyl (C=O) groups is 1. The van der Waals surface area contributed by atoms with Gasteiger partial charge in [-0.15, -0.1) is 11.3 Å². The normalized spacial score (nSPS) is 17.4. The van der Waals surface area contributed by atoms with Gasteiger partial charge in [-0.25, -0.2) is 4.98 Å². The predicted molar refractivity (Wildman–Crippen MR) is 68.8 cm³/mol. The Kier molecular flexibility index (Phi) is 3.66. The number of carboxylic acids is 1. The molecule has 0 bridgehead atoms. The van der Waals surface area contributed by atoms with Crippen molar-refractivity contribution in [1.82, 2.24) is 4.98 Å². The first-order valence-corrected chi connectivity index (χ1v) is 6.78. The van der Waals surface area contributed by atoms with E-state index >= 15 is 0 Å². The molecule has 4 nitrogen and oxygen atoms in total. The van der Waals surface area contributed by atoms with Gasteiger partial charge in [0.2, 0.25) is 0 Å². The first kappa shape index (κ1) is 12.4. The molecule has 0 aromatic carbocycles. The molecule has 5 heteroatoms. The molecule has 94 valence electrons. The summed E-state index contributed by atoms with van der Waals surface area (Å²) in [5, 5.41) is 9.86. The molecule has 1 N–H and O–H groups in total. The van der Waals surface area contributed by atoms with Gasteiger partial charge in [0.15, 0.2) is 5.13 Å². The number of aryl methyl sites for hydroxylation is 2. The fourth-order valence-corrected chi connectivity index (χ4v) is 3.13. The number of anilines is 1. The maximum Gasteiger partial charge on any atom is 0.303 e. The van der Waals surface area contributed by atoms with E-state index in [2.05, 4.69) is 16.8 Å². The zero-order valence-electron chi connectivity index (χ0n) is 10.3. The quantitative estimate of drug-likeness (QED) is 0.900. The van der Waals surface area contributed by atoms with Crippen LogP contribution in [0.2, 0.25) is 0 Å². The summed E-state index contributed by atoms with van der Waals surface area (Å²) < 4.78 is 0. The Labute approximate surface area is 105 Å². The Morgan fingerprint density at radius 1 is 1.47 bits per heavy atom. The topological polar surface area (TPSA) is 53.4 Å². The third kappa shape index (κ3) is 2.97. The van der Waals surface area contributed by atoms with Crippen molar-refractivity contribution in [2.75, 3.05) is 18.0 Å². The van der Waals surface area contributed by atoms with Gasteiger partial charge in [-0.3, -0.25) is 4.79 Å². The van der Waals surface area contributed by atoms with Gasteiger partial charge >= 0.3 is 5.97 Å². The molecule has 0 radical (unpaired) electrons. The largest absolute Gasteiger partial charge is 0.481 e. The maximum absolute atomic E-state index is 10.6. The summed E-state index contributed by atoms with van der Waals surface area (Å²) in [5.74, 6) is -0.338. The number of thiazole rings is 1. The van der Waals surface area contributed by atoms with Crippen LogP contribution in [0.15, 0.2) is 0 Å². The molecule has 1 aliphatic rings. The molecule has 17 heavy (non-hydrogen) atoms. The van der Waals surface area contributed by atoms with E-state index in [0.29, 0.717) is 12.3 Å². The van der Waals surface area contributed by atoms with Crippen molar-refractivity contribution < 1.29 is 9.90 Å². The monoisotopic (exact) mass is 254 g/mol. The summed E-state index contributed by atoms with van der Waals surface area (Å²) in [4.78, 5) is 18.7. The molecule has 1 aliphatic heterocycles. The van der Waals surface area contributed by atoms with Crippen LogP contribution in [0.3, 0.4) is 0 Å². The van der Waals surface area contributed by atoms with Crippen LogP contribution in [0, 0.1) is 19.8 Å². The lowest BCUT2D eigenvalue weighted by molar-refractivity contribution is -0.138. The van der Waals surface area contributed by atoms with Crippen molar-refractivity contribution >= 4 is 22.4 Å². The zero-order chi connectivity index (χ0) is 12.4. The standard InChI is InChI=1S/C12H18N2O2S/c1-8-9(2)17-12(13-8)14-5-3-10(4-6-14)7-11(15)16/h10H,3-7H2,1-2H3,(H,15,16). The van der Waals surface area contributed by atoms with E-state index in [1.54, 1.807) is 11.3 Å². The highest BCUT2D eigenvalue weighted by molar-refractivity contribution is 7.15. The molecular weight excluding hydrogens is 236 g/mol. The van der Waals surface area contributed by atoms with E-state index in [9.17, 15) is 4.79 Å². The molecule has 0 spiro atoms. The number of carboxylic acid groups (broad SMARTS) is 1. The number of piperidine rings is 1. The highest BCUT2D eigenvalue weighted by Crippen LogP contribution is 2.29. The van der Waals surface area contributed by atoms with Gasteiger partial charge < -0.3 is 10.0 Å². The average molecular weight is 254 g/mol. The minimum Gasteiger partial charge on any atom is -0.481 e. The molecule has 1 saturated heterocycles. The fourth-order valence-electron chi connectivity index (χ4n) is 2.17. The molecule has 0 amide bonds. The van der Waals surface area contributed by atoms with Gasteiger partial charge in [-0.1, -0.05) is 0 Å². The van der Waals surface area contributed by atoms with Crippen molar-refractivity contribution in [2.45, 2.75) is 33.1 Å². The van der Waals surface area contributed by atoms with Gasteiger partial charge in [0.1, 0.15) is 0 Å². The molecule has 0 saturated carbocycles. The average Bonchev–Trinajstić information content (AvgIpc) is 2.59. The van der Waals surface area contributed by atoms with Crippen molar-refractivity contribution in [2.24, 2.45) is 5.92 Å². The van der Waals surface area contributed by atoms with Crippen molar-refractivity contribution in [3.05, 3.63) is 10.6 Å². The molecule has 2 rings (SSSR count). The number of hydrogen-bond acceptors (Lipinski definition) is 4. The molecule has 0 atom stereocenters. The van der Waals surface area contributed by atoms with Crippen molar-refractivity contribution in [3.8, 4) is 0 Å². The van der Waals surface area contributed by atoms with Crippen LogP contribution >= 0.6 is 11.3 Å². The van der Waals surface area contributed by atoms with Gasteiger partial charge in [-0.2, -0.15) is 0 Å². The minimum atomic E-state index is -0.676. The maximum atomic E-state index is 10.6. The van der Waals surface area contributed by atoms with Gasteiger partial charge in [0.05, 0.1) is 5.69 Å². The Morgan fingerprint density at radius 2 is 2.12 bits per heavy atom. The highest BCUT2D eigenvalue weighted by Gasteiger charge is 2.23.